The first kappa shape index (κ1) is 10.9. The van der Waals surface area contributed by atoms with E-state index in [-0.39, 0.29) is 6.54 Å². The van der Waals surface area contributed by atoms with Crippen LogP contribution in [0.3, 0.4) is 0 Å². The maximum Gasteiger partial charge on any atom is 0.246 e. The summed E-state index contributed by atoms with van der Waals surface area (Å²) in [5, 5.41) is 0. The van der Waals surface area contributed by atoms with E-state index >= 15 is 0 Å². The number of ether oxygens (including phenoxy) is 2. The van der Waals surface area contributed by atoms with Crippen molar-refractivity contribution in [3.05, 3.63) is 33.6 Å². The fraction of sp³-hybridized carbons (Fsp3) is 0.300. The molecule has 1 aromatic rings. The predicted octanol–water partition coefficient (Wildman–Crippen LogP) is 2.89. The lowest BCUT2D eigenvalue weighted by Gasteiger charge is -2.09. The molecule has 0 saturated carbocycles. The molecule has 0 N–H and O–H groups in total. The highest BCUT2D eigenvalue weighted by atomic mass is 79.9. The molecule has 0 atom stereocenters. The number of nitrogens with zero attached hydrogens (tertiary/aromatic N) is 1. The molecule has 0 amide bonds. The predicted molar refractivity (Wildman–Crippen MR) is 57.6 cm³/mol. The number of halogens is 1. The first-order valence-corrected chi connectivity index (χ1v) is 4.75. The maximum absolute atomic E-state index is 6.84. The summed E-state index contributed by atoms with van der Waals surface area (Å²) >= 11 is 3.34. The summed E-state index contributed by atoms with van der Waals surface area (Å²) in [6.45, 7) is 7.10. The number of methoxy groups -OCH3 is 2. The van der Waals surface area contributed by atoms with Crippen molar-refractivity contribution in [1.82, 2.24) is 0 Å². The van der Waals surface area contributed by atoms with Gasteiger partial charge in [-0.2, -0.15) is 0 Å². The summed E-state index contributed by atoms with van der Waals surface area (Å²) in [6, 6.07) is 3.64. The molecule has 0 fully saturated rings. The lowest BCUT2D eigenvalue weighted by atomic mass is 10.2. The average molecular weight is 256 g/mol. The highest BCUT2D eigenvalue weighted by molar-refractivity contribution is 9.10. The lowest BCUT2D eigenvalue weighted by molar-refractivity contribution is 0.386. The van der Waals surface area contributed by atoms with Gasteiger partial charge in [-0.25, -0.2) is 6.57 Å². The molecule has 14 heavy (non-hydrogen) atoms. The van der Waals surface area contributed by atoms with Gasteiger partial charge in [-0.05, 0) is 12.1 Å². The van der Waals surface area contributed by atoms with E-state index in [0.717, 1.165) is 10.0 Å². The zero-order valence-corrected chi connectivity index (χ0v) is 9.59. The van der Waals surface area contributed by atoms with Crippen LogP contribution in [0.25, 0.3) is 4.85 Å². The fourth-order valence-electron chi connectivity index (χ4n) is 1.19. The van der Waals surface area contributed by atoms with Crippen LogP contribution in [0, 0.1) is 6.57 Å². The van der Waals surface area contributed by atoms with Crippen LogP contribution in [0.1, 0.15) is 5.56 Å². The molecule has 74 valence electrons. The molecule has 0 unspecified atom stereocenters. The Bertz CT molecular complexity index is 346. The second-order valence-electron chi connectivity index (χ2n) is 2.61. The topological polar surface area (TPSA) is 22.8 Å². The first-order chi connectivity index (χ1) is 6.72. The molecule has 0 aliphatic heterocycles. The SMILES string of the molecule is [C-]#[N+]Cc1c(OC)cc(Br)cc1OC. The van der Waals surface area contributed by atoms with Gasteiger partial charge in [0, 0.05) is 4.47 Å². The van der Waals surface area contributed by atoms with Crippen molar-refractivity contribution < 1.29 is 9.47 Å². The Morgan fingerprint density at radius 3 is 2.14 bits per heavy atom. The van der Waals surface area contributed by atoms with Crippen molar-refractivity contribution in [2.24, 2.45) is 0 Å². The smallest absolute Gasteiger partial charge is 0.246 e. The van der Waals surface area contributed by atoms with Gasteiger partial charge in [0.2, 0.25) is 6.54 Å². The minimum atomic E-state index is 0.264. The summed E-state index contributed by atoms with van der Waals surface area (Å²) in [5.74, 6) is 1.35. The summed E-state index contributed by atoms with van der Waals surface area (Å²) in [5.41, 5.74) is 0.785. The normalized spacial score (nSPS) is 9.29. The molecule has 0 heterocycles. The van der Waals surface area contributed by atoms with Gasteiger partial charge in [-0.15, -0.1) is 0 Å². The Labute approximate surface area is 91.6 Å². The molecule has 3 nitrogen and oxygen atoms in total. The molecule has 1 aromatic carbocycles. The van der Waals surface area contributed by atoms with Crippen LogP contribution in [0.5, 0.6) is 11.5 Å². The summed E-state index contributed by atoms with van der Waals surface area (Å²) in [6.07, 6.45) is 0. The van der Waals surface area contributed by atoms with Crippen LogP contribution in [0.15, 0.2) is 16.6 Å². The number of hydrogen-bond donors (Lipinski definition) is 0. The third-order valence-corrected chi connectivity index (χ3v) is 2.27. The minimum absolute atomic E-state index is 0.264. The molecule has 0 bridgehead atoms. The van der Waals surface area contributed by atoms with Gasteiger partial charge < -0.3 is 14.3 Å². The van der Waals surface area contributed by atoms with Gasteiger partial charge in [0.15, 0.2) is 0 Å². The molecule has 0 aliphatic carbocycles. The van der Waals surface area contributed by atoms with Gasteiger partial charge in [0.05, 0.1) is 14.2 Å². The van der Waals surface area contributed by atoms with Gasteiger partial charge in [0.1, 0.15) is 17.1 Å². The Morgan fingerprint density at radius 1 is 1.29 bits per heavy atom. The first-order valence-electron chi connectivity index (χ1n) is 3.96. The third kappa shape index (κ3) is 2.18. The van der Waals surface area contributed by atoms with Crippen LogP contribution in [0.4, 0.5) is 0 Å². The molecular weight excluding hydrogens is 246 g/mol. The molecule has 4 heteroatoms. The monoisotopic (exact) mass is 255 g/mol. The van der Waals surface area contributed by atoms with E-state index < -0.39 is 0 Å². The fourth-order valence-corrected chi connectivity index (χ4v) is 1.60. The Kier molecular flexibility index (Phi) is 3.78. The Hall–Kier alpha value is -1.21. The highest BCUT2D eigenvalue weighted by Gasteiger charge is 2.13. The lowest BCUT2D eigenvalue weighted by Crippen LogP contribution is -1.95. The van der Waals surface area contributed by atoms with E-state index in [4.69, 9.17) is 16.0 Å². The van der Waals surface area contributed by atoms with Crippen molar-refractivity contribution in [2.75, 3.05) is 14.2 Å². The van der Waals surface area contributed by atoms with Crippen molar-refractivity contribution in [2.45, 2.75) is 6.54 Å². The van der Waals surface area contributed by atoms with Crippen LogP contribution >= 0.6 is 15.9 Å². The van der Waals surface area contributed by atoms with Gasteiger partial charge >= 0.3 is 0 Å². The van der Waals surface area contributed by atoms with E-state index in [1.807, 2.05) is 12.1 Å². The number of hydrogen-bond acceptors (Lipinski definition) is 2. The second kappa shape index (κ2) is 4.87. The van der Waals surface area contributed by atoms with Crippen molar-refractivity contribution in [1.29, 1.82) is 0 Å². The zero-order chi connectivity index (χ0) is 10.6. The maximum atomic E-state index is 6.84. The van der Waals surface area contributed by atoms with Crippen LogP contribution in [-0.2, 0) is 6.54 Å². The zero-order valence-electron chi connectivity index (χ0n) is 8.00. The molecule has 0 aromatic heterocycles. The van der Waals surface area contributed by atoms with Gasteiger partial charge in [-0.1, -0.05) is 15.9 Å². The highest BCUT2D eigenvalue weighted by Crippen LogP contribution is 2.33. The van der Waals surface area contributed by atoms with Crippen molar-refractivity contribution >= 4 is 15.9 Å². The Balaban J connectivity index is 3.26. The van der Waals surface area contributed by atoms with Crippen LogP contribution < -0.4 is 9.47 Å². The largest absolute Gasteiger partial charge is 0.496 e. The molecular formula is C10H10BrNO2. The third-order valence-electron chi connectivity index (χ3n) is 1.81. The molecule has 0 radical (unpaired) electrons. The van der Waals surface area contributed by atoms with Crippen molar-refractivity contribution in [3.63, 3.8) is 0 Å². The second-order valence-corrected chi connectivity index (χ2v) is 3.52. The van der Waals surface area contributed by atoms with Gasteiger partial charge in [0.25, 0.3) is 0 Å². The van der Waals surface area contributed by atoms with E-state index in [9.17, 15) is 0 Å². The molecule has 0 saturated heterocycles. The summed E-state index contributed by atoms with van der Waals surface area (Å²) in [7, 11) is 3.16. The number of rotatable bonds is 3. The quantitative estimate of drug-likeness (QED) is 0.776. The van der Waals surface area contributed by atoms with E-state index in [1.54, 1.807) is 14.2 Å². The summed E-state index contributed by atoms with van der Waals surface area (Å²) in [4.78, 5) is 3.33. The average Bonchev–Trinajstić information content (AvgIpc) is 2.20. The number of benzene rings is 1. The van der Waals surface area contributed by atoms with Crippen LogP contribution in [0.2, 0.25) is 0 Å². The standard InChI is InChI=1S/C10H10BrNO2/c1-12-6-8-9(13-2)4-7(11)5-10(8)14-3/h4-5H,6H2,2-3H3. The van der Waals surface area contributed by atoms with Crippen LogP contribution in [-0.4, -0.2) is 14.2 Å². The molecule has 0 spiro atoms. The Morgan fingerprint density at radius 2 is 1.79 bits per heavy atom. The minimum Gasteiger partial charge on any atom is -0.496 e. The summed E-state index contributed by atoms with van der Waals surface area (Å²) < 4.78 is 11.2. The molecule has 1 rings (SSSR count). The van der Waals surface area contributed by atoms with E-state index in [0.29, 0.717) is 11.5 Å². The molecule has 0 aliphatic rings. The van der Waals surface area contributed by atoms with Crippen molar-refractivity contribution in [3.8, 4) is 11.5 Å². The van der Waals surface area contributed by atoms with E-state index in [2.05, 4.69) is 20.8 Å². The van der Waals surface area contributed by atoms with Gasteiger partial charge in [-0.3, -0.25) is 0 Å². The van der Waals surface area contributed by atoms with E-state index in [1.165, 1.54) is 0 Å².